The van der Waals surface area contributed by atoms with Gasteiger partial charge in [-0.2, -0.15) is 0 Å². The Hall–Kier alpha value is -2.73. The highest BCUT2D eigenvalue weighted by Gasteiger charge is 2.25. The van der Waals surface area contributed by atoms with Gasteiger partial charge in [-0.1, -0.05) is 41.9 Å². The van der Waals surface area contributed by atoms with Crippen molar-refractivity contribution in [2.45, 2.75) is 6.61 Å². The maximum absolute atomic E-state index is 11.3. The van der Waals surface area contributed by atoms with Gasteiger partial charge in [0.1, 0.15) is 12.1 Å². The lowest BCUT2D eigenvalue weighted by molar-refractivity contribution is -0.386. The Kier molecular flexibility index (Phi) is 3.84. The average Bonchev–Trinajstić information content (AvgIpc) is 2.53. The third-order valence-corrected chi connectivity index (χ3v) is 3.39. The molecule has 0 spiro atoms. The zero-order chi connectivity index (χ0) is 15.5. The summed E-state index contributed by atoms with van der Waals surface area (Å²) < 4.78 is 5.51. The number of benzene rings is 1. The van der Waals surface area contributed by atoms with Gasteiger partial charge in [0.2, 0.25) is 0 Å². The van der Waals surface area contributed by atoms with Crippen LogP contribution in [0.2, 0.25) is 5.02 Å². The van der Waals surface area contributed by atoms with E-state index in [1.54, 1.807) is 12.1 Å². The summed E-state index contributed by atoms with van der Waals surface area (Å²) in [5.41, 5.74) is 1.23. The number of rotatable bonds is 4. The second kappa shape index (κ2) is 5.95. The molecule has 0 bridgehead atoms. The molecule has 0 aliphatic rings. The van der Waals surface area contributed by atoms with Crippen molar-refractivity contribution in [1.82, 2.24) is 9.97 Å². The molecule has 0 saturated heterocycles. The third kappa shape index (κ3) is 2.68. The minimum atomic E-state index is -0.607. The van der Waals surface area contributed by atoms with E-state index in [9.17, 15) is 10.1 Å². The predicted molar refractivity (Wildman–Crippen MR) is 82.0 cm³/mol. The van der Waals surface area contributed by atoms with Crippen LogP contribution >= 0.6 is 11.6 Å². The van der Waals surface area contributed by atoms with E-state index in [-0.39, 0.29) is 28.7 Å². The van der Waals surface area contributed by atoms with Crippen molar-refractivity contribution in [3.8, 4) is 5.88 Å². The first kappa shape index (κ1) is 14.2. The smallest absolute Gasteiger partial charge is 0.351 e. The van der Waals surface area contributed by atoms with Gasteiger partial charge < -0.3 is 4.74 Å². The quantitative estimate of drug-likeness (QED) is 0.541. The molecule has 0 aliphatic heterocycles. The van der Waals surface area contributed by atoms with Crippen molar-refractivity contribution in [2.75, 3.05) is 0 Å². The van der Waals surface area contributed by atoms with E-state index in [2.05, 4.69) is 9.97 Å². The molecule has 0 radical (unpaired) electrons. The van der Waals surface area contributed by atoms with E-state index >= 15 is 0 Å². The Bertz CT molecular complexity index is 840. The first-order valence-corrected chi connectivity index (χ1v) is 6.80. The zero-order valence-corrected chi connectivity index (χ0v) is 12.0. The number of pyridine rings is 2. The molecule has 110 valence electrons. The van der Waals surface area contributed by atoms with E-state index in [0.29, 0.717) is 5.52 Å². The number of aromatic nitrogens is 2. The molecule has 22 heavy (non-hydrogen) atoms. The van der Waals surface area contributed by atoms with Gasteiger partial charge in [0.15, 0.2) is 5.02 Å². The molecule has 0 fully saturated rings. The molecule has 2 aromatic heterocycles. The second-order valence-corrected chi connectivity index (χ2v) is 4.86. The molecule has 2 heterocycles. The molecule has 0 atom stereocenters. The van der Waals surface area contributed by atoms with Crippen LogP contribution in [0.4, 0.5) is 5.69 Å². The molecule has 6 nitrogen and oxygen atoms in total. The predicted octanol–water partition coefficient (Wildman–Crippen LogP) is 3.77. The third-order valence-electron chi connectivity index (χ3n) is 3.03. The monoisotopic (exact) mass is 315 g/mol. The van der Waals surface area contributed by atoms with Gasteiger partial charge in [-0.05, 0) is 17.7 Å². The fourth-order valence-electron chi connectivity index (χ4n) is 2.01. The summed E-state index contributed by atoms with van der Waals surface area (Å²) in [5, 5.41) is 11.2. The highest BCUT2D eigenvalue weighted by Crippen LogP contribution is 2.37. The molecular formula is C15H10ClN3O3. The summed E-state index contributed by atoms with van der Waals surface area (Å²) in [6.45, 7) is 0.163. The summed E-state index contributed by atoms with van der Waals surface area (Å²) in [6.07, 6.45) is 1.50. The molecule has 1 aromatic carbocycles. The summed E-state index contributed by atoms with van der Waals surface area (Å²) in [4.78, 5) is 18.9. The number of nitrogens with zero attached hydrogens (tertiary/aromatic N) is 3. The minimum Gasteiger partial charge on any atom is -0.468 e. The van der Waals surface area contributed by atoms with Gasteiger partial charge in [-0.3, -0.25) is 15.1 Å². The average molecular weight is 316 g/mol. The van der Waals surface area contributed by atoms with Crippen molar-refractivity contribution >= 4 is 28.3 Å². The number of halogens is 1. The largest absolute Gasteiger partial charge is 0.468 e. The maximum Gasteiger partial charge on any atom is 0.351 e. The van der Waals surface area contributed by atoms with Crippen molar-refractivity contribution in [3.05, 3.63) is 69.4 Å². The lowest BCUT2D eigenvalue weighted by atomic mass is 10.2. The summed E-state index contributed by atoms with van der Waals surface area (Å²) in [6, 6.07) is 12.7. The van der Waals surface area contributed by atoms with Gasteiger partial charge in [-0.25, -0.2) is 4.98 Å². The Labute approximate surface area is 130 Å². The Morgan fingerprint density at radius 3 is 2.68 bits per heavy atom. The standard InChI is InChI=1S/C15H10ClN3O3/c16-12-13-11(7-4-8-17-13)18-15(14(12)19(20)21)22-9-10-5-2-1-3-6-10/h1-8H,9H2. The van der Waals surface area contributed by atoms with E-state index < -0.39 is 4.92 Å². The molecule has 3 aromatic rings. The van der Waals surface area contributed by atoms with Gasteiger partial charge in [0.05, 0.1) is 10.4 Å². The summed E-state index contributed by atoms with van der Waals surface area (Å²) >= 11 is 6.10. The van der Waals surface area contributed by atoms with Crippen LogP contribution in [0.1, 0.15) is 5.56 Å². The van der Waals surface area contributed by atoms with E-state index in [1.807, 2.05) is 30.3 Å². The van der Waals surface area contributed by atoms with Gasteiger partial charge in [0, 0.05) is 6.20 Å². The molecule has 0 amide bonds. The van der Waals surface area contributed by atoms with Crippen LogP contribution in [0.15, 0.2) is 48.7 Å². The van der Waals surface area contributed by atoms with E-state index in [1.165, 1.54) is 6.20 Å². The number of fused-ring (bicyclic) bond motifs is 1. The molecule has 0 N–H and O–H groups in total. The van der Waals surface area contributed by atoms with Gasteiger partial charge in [0.25, 0.3) is 5.88 Å². The molecule has 0 unspecified atom stereocenters. The van der Waals surface area contributed by atoms with Crippen molar-refractivity contribution < 1.29 is 9.66 Å². The molecule has 0 aliphatic carbocycles. The van der Waals surface area contributed by atoms with E-state index in [4.69, 9.17) is 16.3 Å². The first-order valence-electron chi connectivity index (χ1n) is 6.42. The molecule has 3 rings (SSSR count). The summed E-state index contributed by atoms with van der Waals surface area (Å²) in [7, 11) is 0. The van der Waals surface area contributed by atoms with Crippen molar-refractivity contribution in [1.29, 1.82) is 0 Å². The number of nitro groups is 1. The number of hydrogen-bond acceptors (Lipinski definition) is 5. The van der Waals surface area contributed by atoms with Crippen LogP contribution in [0.25, 0.3) is 11.0 Å². The first-order chi connectivity index (χ1) is 10.7. The van der Waals surface area contributed by atoms with Crippen LogP contribution in [-0.2, 0) is 6.61 Å². The second-order valence-electron chi connectivity index (χ2n) is 4.48. The number of ether oxygens (including phenoxy) is 1. The summed E-state index contributed by atoms with van der Waals surface area (Å²) in [5.74, 6) is -0.112. The molecular weight excluding hydrogens is 306 g/mol. The lowest BCUT2D eigenvalue weighted by Gasteiger charge is -2.08. The highest BCUT2D eigenvalue weighted by molar-refractivity contribution is 6.37. The Balaban J connectivity index is 2.04. The number of hydrogen-bond donors (Lipinski definition) is 0. The van der Waals surface area contributed by atoms with Crippen LogP contribution in [0, 0.1) is 10.1 Å². The van der Waals surface area contributed by atoms with Crippen molar-refractivity contribution in [2.24, 2.45) is 0 Å². The van der Waals surface area contributed by atoms with Gasteiger partial charge in [-0.15, -0.1) is 0 Å². The molecule has 0 saturated carbocycles. The minimum absolute atomic E-state index is 0.0707. The Morgan fingerprint density at radius 1 is 1.18 bits per heavy atom. The topological polar surface area (TPSA) is 78.2 Å². The van der Waals surface area contributed by atoms with Crippen LogP contribution in [-0.4, -0.2) is 14.9 Å². The Morgan fingerprint density at radius 2 is 1.95 bits per heavy atom. The van der Waals surface area contributed by atoms with Crippen LogP contribution in [0.3, 0.4) is 0 Å². The maximum atomic E-state index is 11.3. The fourth-order valence-corrected chi connectivity index (χ4v) is 2.30. The normalized spacial score (nSPS) is 10.6. The lowest BCUT2D eigenvalue weighted by Crippen LogP contribution is -2.03. The fraction of sp³-hybridized carbons (Fsp3) is 0.0667. The van der Waals surface area contributed by atoms with Crippen LogP contribution in [0.5, 0.6) is 5.88 Å². The SMILES string of the molecule is O=[N+]([O-])c1c(OCc2ccccc2)nc2cccnc2c1Cl. The highest BCUT2D eigenvalue weighted by atomic mass is 35.5. The van der Waals surface area contributed by atoms with Crippen LogP contribution < -0.4 is 4.74 Å². The van der Waals surface area contributed by atoms with Crippen molar-refractivity contribution in [3.63, 3.8) is 0 Å². The van der Waals surface area contributed by atoms with E-state index in [0.717, 1.165) is 5.56 Å². The molecule has 7 heteroatoms. The zero-order valence-electron chi connectivity index (χ0n) is 11.3. The van der Waals surface area contributed by atoms with Gasteiger partial charge >= 0.3 is 5.69 Å².